The van der Waals surface area contributed by atoms with Crippen LogP contribution in [-0.2, 0) is 14.8 Å². The van der Waals surface area contributed by atoms with Crippen LogP contribution in [-0.4, -0.2) is 34.1 Å². The summed E-state index contributed by atoms with van der Waals surface area (Å²) in [5, 5.41) is 2.71. The Morgan fingerprint density at radius 1 is 0.968 bits per heavy atom. The van der Waals surface area contributed by atoms with Gasteiger partial charge in [0.05, 0.1) is 17.7 Å². The molecule has 2 N–H and O–H groups in total. The molecule has 0 saturated heterocycles. The van der Waals surface area contributed by atoms with E-state index in [-0.39, 0.29) is 17.4 Å². The Labute approximate surface area is 179 Å². The van der Waals surface area contributed by atoms with Crippen LogP contribution < -0.4 is 24.2 Å². The molecule has 9 heteroatoms. The molecule has 0 aromatic heterocycles. The van der Waals surface area contributed by atoms with Crippen molar-refractivity contribution in [2.75, 3.05) is 23.8 Å². The molecule has 0 radical (unpaired) electrons. The predicted molar refractivity (Wildman–Crippen MR) is 115 cm³/mol. The van der Waals surface area contributed by atoms with Gasteiger partial charge in [0.1, 0.15) is 12.4 Å². The number of sulfonamides is 1. The van der Waals surface area contributed by atoms with Crippen LogP contribution in [0.15, 0.2) is 77.7 Å². The number of para-hydroxylation sites is 2. The van der Waals surface area contributed by atoms with Crippen molar-refractivity contribution in [2.45, 2.75) is 11.0 Å². The normalized spacial score (nSPS) is 15.1. The highest BCUT2D eigenvalue weighted by molar-refractivity contribution is 7.92. The number of nitrogens with one attached hydrogen (secondary N) is 2. The zero-order valence-corrected chi connectivity index (χ0v) is 17.4. The molecule has 1 aliphatic heterocycles. The molecule has 31 heavy (non-hydrogen) atoms. The van der Waals surface area contributed by atoms with E-state index >= 15 is 0 Å². The quantitative estimate of drug-likeness (QED) is 0.610. The first-order valence-electron chi connectivity index (χ1n) is 9.41. The number of benzene rings is 3. The first-order chi connectivity index (χ1) is 14.9. The average Bonchev–Trinajstić information content (AvgIpc) is 2.79. The SMILES string of the molecule is COc1cccc(NS(=O)(=O)c2ccc(NC(=O)[C@@H]3COc4ccccc4O3)cc2)c1. The molecule has 0 unspecified atom stereocenters. The molecular formula is C22H20N2O6S. The molecule has 0 spiro atoms. The summed E-state index contributed by atoms with van der Waals surface area (Å²) in [6, 6.07) is 19.5. The van der Waals surface area contributed by atoms with E-state index in [0.29, 0.717) is 28.6 Å². The van der Waals surface area contributed by atoms with Crippen LogP contribution >= 0.6 is 0 Å². The zero-order chi connectivity index (χ0) is 21.8. The second-order valence-corrected chi connectivity index (χ2v) is 8.40. The Kier molecular flexibility index (Phi) is 5.68. The Balaban J connectivity index is 1.41. The molecule has 0 aliphatic carbocycles. The number of hydrogen-bond donors (Lipinski definition) is 2. The third-order valence-electron chi connectivity index (χ3n) is 4.56. The van der Waals surface area contributed by atoms with Gasteiger partial charge >= 0.3 is 0 Å². The van der Waals surface area contributed by atoms with Gasteiger partial charge in [0.2, 0.25) is 6.10 Å². The summed E-state index contributed by atoms with van der Waals surface area (Å²) in [6.45, 7) is 0.0831. The van der Waals surface area contributed by atoms with Gasteiger partial charge < -0.3 is 19.5 Å². The highest BCUT2D eigenvalue weighted by atomic mass is 32.2. The topological polar surface area (TPSA) is 103 Å². The summed E-state index contributed by atoms with van der Waals surface area (Å²) in [7, 11) is -2.30. The highest BCUT2D eigenvalue weighted by Crippen LogP contribution is 2.31. The zero-order valence-electron chi connectivity index (χ0n) is 16.6. The number of anilines is 2. The molecule has 0 saturated carbocycles. The molecule has 0 bridgehead atoms. The maximum absolute atomic E-state index is 12.6. The molecule has 1 heterocycles. The number of hydrogen-bond acceptors (Lipinski definition) is 6. The lowest BCUT2D eigenvalue weighted by Crippen LogP contribution is -2.40. The molecule has 0 fully saturated rings. The van der Waals surface area contributed by atoms with Crippen LogP contribution in [0.2, 0.25) is 0 Å². The van der Waals surface area contributed by atoms with Crippen LogP contribution in [0.4, 0.5) is 11.4 Å². The van der Waals surface area contributed by atoms with Crippen molar-refractivity contribution in [2.24, 2.45) is 0 Å². The minimum atomic E-state index is -3.80. The molecule has 1 amide bonds. The number of ether oxygens (including phenoxy) is 3. The fourth-order valence-electron chi connectivity index (χ4n) is 2.99. The molecule has 8 nitrogen and oxygen atoms in total. The van der Waals surface area contributed by atoms with Crippen LogP contribution in [0.5, 0.6) is 17.2 Å². The number of amides is 1. The Hall–Kier alpha value is -3.72. The largest absolute Gasteiger partial charge is 0.497 e. The van der Waals surface area contributed by atoms with E-state index in [4.69, 9.17) is 14.2 Å². The number of methoxy groups -OCH3 is 1. The fourth-order valence-corrected chi connectivity index (χ4v) is 4.04. The molecule has 1 atom stereocenters. The van der Waals surface area contributed by atoms with E-state index in [2.05, 4.69) is 10.0 Å². The summed E-state index contributed by atoms with van der Waals surface area (Å²) in [5.41, 5.74) is 0.819. The third-order valence-corrected chi connectivity index (χ3v) is 5.95. The summed E-state index contributed by atoms with van der Waals surface area (Å²) in [4.78, 5) is 12.6. The second-order valence-electron chi connectivity index (χ2n) is 6.72. The first-order valence-corrected chi connectivity index (χ1v) is 10.9. The van der Waals surface area contributed by atoms with E-state index in [0.717, 1.165) is 0 Å². The second kappa shape index (κ2) is 8.57. The maximum Gasteiger partial charge on any atom is 0.269 e. The summed E-state index contributed by atoms with van der Waals surface area (Å²) in [5.74, 6) is 1.23. The molecule has 3 aromatic carbocycles. The lowest BCUT2D eigenvalue weighted by atomic mass is 10.2. The van der Waals surface area contributed by atoms with Crippen LogP contribution in [0.1, 0.15) is 0 Å². The van der Waals surface area contributed by atoms with Crippen molar-refractivity contribution in [3.05, 3.63) is 72.8 Å². The first kappa shape index (κ1) is 20.5. The van der Waals surface area contributed by atoms with E-state index in [1.807, 2.05) is 6.07 Å². The smallest absolute Gasteiger partial charge is 0.269 e. The molecule has 160 valence electrons. The van der Waals surface area contributed by atoms with E-state index < -0.39 is 16.1 Å². The van der Waals surface area contributed by atoms with Gasteiger partial charge in [-0.1, -0.05) is 18.2 Å². The van der Waals surface area contributed by atoms with Crippen molar-refractivity contribution in [1.29, 1.82) is 0 Å². The van der Waals surface area contributed by atoms with Gasteiger partial charge in [-0.05, 0) is 48.5 Å². The van der Waals surface area contributed by atoms with Gasteiger partial charge in [-0.2, -0.15) is 0 Å². The fraction of sp³-hybridized carbons (Fsp3) is 0.136. The van der Waals surface area contributed by atoms with Crippen LogP contribution in [0.25, 0.3) is 0 Å². The van der Waals surface area contributed by atoms with Crippen molar-refractivity contribution < 1.29 is 27.4 Å². The Bertz CT molecular complexity index is 1190. The van der Waals surface area contributed by atoms with E-state index in [1.54, 1.807) is 42.5 Å². The average molecular weight is 440 g/mol. The predicted octanol–water partition coefficient (Wildman–Crippen LogP) is 3.27. The van der Waals surface area contributed by atoms with Crippen molar-refractivity contribution in [3.63, 3.8) is 0 Å². The molecule has 1 aliphatic rings. The standard InChI is InChI=1S/C22H20N2O6S/c1-28-17-6-4-5-16(13-17)24-31(26,27)18-11-9-15(10-12-18)23-22(25)21-14-29-19-7-2-3-8-20(19)30-21/h2-13,21,24H,14H2,1H3,(H,23,25)/t21-/m0/s1. The minimum Gasteiger partial charge on any atom is -0.497 e. The van der Waals surface area contributed by atoms with Crippen LogP contribution in [0, 0.1) is 0 Å². The lowest BCUT2D eigenvalue weighted by Gasteiger charge is -2.25. The highest BCUT2D eigenvalue weighted by Gasteiger charge is 2.27. The number of fused-ring (bicyclic) bond motifs is 1. The number of carbonyl (C=O) groups excluding carboxylic acids is 1. The van der Waals surface area contributed by atoms with Gasteiger partial charge in [0, 0.05) is 11.8 Å². The number of rotatable bonds is 6. The van der Waals surface area contributed by atoms with Crippen LogP contribution in [0.3, 0.4) is 0 Å². The van der Waals surface area contributed by atoms with Crippen molar-refractivity contribution in [3.8, 4) is 17.2 Å². The molecular weight excluding hydrogens is 420 g/mol. The van der Waals surface area contributed by atoms with Gasteiger partial charge in [0.25, 0.3) is 15.9 Å². The van der Waals surface area contributed by atoms with Gasteiger partial charge in [0.15, 0.2) is 11.5 Å². The summed E-state index contributed by atoms with van der Waals surface area (Å²) >= 11 is 0. The molecule has 4 rings (SSSR count). The maximum atomic E-state index is 12.6. The molecule has 3 aromatic rings. The lowest BCUT2D eigenvalue weighted by molar-refractivity contribution is -0.125. The van der Waals surface area contributed by atoms with Gasteiger partial charge in [-0.3, -0.25) is 9.52 Å². The Morgan fingerprint density at radius 2 is 1.71 bits per heavy atom. The monoisotopic (exact) mass is 440 g/mol. The summed E-state index contributed by atoms with van der Waals surface area (Å²) in [6.07, 6.45) is -0.812. The van der Waals surface area contributed by atoms with Gasteiger partial charge in [-0.25, -0.2) is 8.42 Å². The Morgan fingerprint density at radius 3 is 2.45 bits per heavy atom. The number of carbonyl (C=O) groups is 1. The van der Waals surface area contributed by atoms with Gasteiger partial charge in [-0.15, -0.1) is 0 Å². The summed E-state index contributed by atoms with van der Waals surface area (Å²) < 4.78 is 44.1. The third kappa shape index (κ3) is 4.72. The van der Waals surface area contributed by atoms with E-state index in [9.17, 15) is 13.2 Å². The van der Waals surface area contributed by atoms with Crippen molar-refractivity contribution in [1.82, 2.24) is 0 Å². The minimum absolute atomic E-state index is 0.0551. The van der Waals surface area contributed by atoms with Crippen molar-refractivity contribution >= 4 is 27.3 Å². The van der Waals surface area contributed by atoms with E-state index in [1.165, 1.54) is 31.4 Å².